The van der Waals surface area contributed by atoms with Crippen molar-refractivity contribution in [3.05, 3.63) is 84.0 Å². The van der Waals surface area contributed by atoms with Crippen molar-refractivity contribution in [1.29, 1.82) is 0 Å². The summed E-state index contributed by atoms with van der Waals surface area (Å²) >= 11 is 0. The summed E-state index contributed by atoms with van der Waals surface area (Å²) in [5, 5.41) is 0. The van der Waals surface area contributed by atoms with Crippen molar-refractivity contribution >= 4 is 28.5 Å². The van der Waals surface area contributed by atoms with Crippen molar-refractivity contribution in [1.82, 2.24) is 9.97 Å². The van der Waals surface area contributed by atoms with Crippen LogP contribution >= 0.6 is 0 Å². The van der Waals surface area contributed by atoms with Crippen molar-refractivity contribution in [2.24, 2.45) is 0 Å². The Hall–Kier alpha value is -3.93. The maximum Gasteiger partial charge on any atom is 0.231 e. The maximum absolute atomic E-state index is 13.4. The molecular weight excluding hydrogens is 368 g/mol. The van der Waals surface area contributed by atoms with Crippen LogP contribution in [0.4, 0.5) is 0 Å². The Morgan fingerprint density at radius 3 is 2.55 bits per heavy atom. The van der Waals surface area contributed by atoms with Crippen LogP contribution in [0.3, 0.4) is 0 Å². The summed E-state index contributed by atoms with van der Waals surface area (Å²) in [5.41, 5.74) is 2.81. The first kappa shape index (κ1) is 18.4. The fourth-order valence-electron chi connectivity index (χ4n) is 2.97. The number of nitrogens with zero attached hydrogens (tertiary/aromatic N) is 2. The van der Waals surface area contributed by atoms with Gasteiger partial charge in [0.2, 0.25) is 5.89 Å². The van der Waals surface area contributed by atoms with E-state index < -0.39 is 0 Å². The van der Waals surface area contributed by atoms with E-state index in [1.54, 1.807) is 49.8 Å². The summed E-state index contributed by atoms with van der Waals surface area (Å²) in [7, 11) is 3.07. The average Bonchev–Trinajstić information content (AvgIpc) is 3.21. The number of fused-ring (bicyclic) bond motifs is 1. The molecular formula is C23H18N2O4. The van der Waals surface area contributed by atoms with E-state index in [4.69, 9.17) is 13.9 Å². The van der Waals surface area contributed by atoms with Gasteiger partial charge in [-0.1, -0.05) is 18.2 Å². The first-order chi connectivity index (χ1) is 14.2. The lowest BCUT2D eigenvalue weighted by atomic mass is 10.0. The number of methoxy groups -OCH3 is 2. The number of oxazole rings is 1. The zero-order valence-electron chi connectivity index (χ0n) is 16.0. The molecule has 0 radical (unpaired) electrons. The number of allylic oxidation sites excluding steroid dienone is 1. The fourth-order valence-corrected chi connectivity index (χ4v) is 2.97. The van der Waals surface area contributed by atoms with Gasteiger partial charge in [0, 0.05) is 18.0 Å². The smallest absolute Gasteiger partial charge is 0.231 e. The minimum absolute atomic E-state index is 0.245. The Balaban J connectivity index is 1.84. The van der Waals surface area contributed by atoms with E-state index in [2.05, 4.69) is 9.97 Å². The molecule has 0 unspecified atom stereocenters. The van der Waals surface area contributed by atoms with Crippen molar-refractivity contribution in [2.75, 3.05) is 14.2 Å². The summed E-state index contributed by atoms with van der Waals surface area (Å²) in [6.45, 7) is 0. The monoisotopic (exact) mass is 386 g/mol. The molecule has 0 saturated carbocycles. The van der Waals surface area contributed by atoms with Gasteiger partial charge in [-0.25, -0.2) is 4.98 Å². The van der Waals surface area contributed by atoms with Crippen LogP contribution in [0.5, 0.6) is 11.5 Å². The van der Waals surface area contributed by atoms with E-state index in [1.165, 1.54) is 7.11 Å². The van der Waals surface area contributed by atoms with Gasteiger partial charge in [0.05, 0.1) is 19.8 Å². The Bertz CT molecular complexity index is 1160. The quantitative estimate of drug-likeness (QED) is 0.354. The van der Waals surface area contributed by atoms with Crippen LogP contribution in [0.15, 0.2) is 71.4 Å². The molecule has 29 heavy (non-hydrogen) atoms. The van der Waals surface area contributed by atoms with E-state index in [0.717, 1.165) is 5.56 Å². The molecule has 0 atom stereocenters. The fraction of sp³-hybridized carbons (Fsp3) is 0.0870. The van der Waals surface area contributed by atoms with Crippen LogP contribution in [0.25, 0.3) is 22.7 Å². The Morgan fingerprint density at radius 1 is 1.00 bits per heavy atom. The normalized spacial score (nSPS) is 11.4. The van der Waals surface area contributed by atoms with Crippen LogP contribution < -0.4 is 9.47 Å². The molecule has 4 aromatic rings. The van der Waals surface area contributed by atoms with Gasteiger partial charge in [-0.3, -0.25) is 9.78 Å². The molecule has 0 aliphatic heterocycles. The highest BCUT2D eigenvalue weighted by molar-refractivity contribution is 6.31. The highest BCUT2D eigenvalue weighted by Gasteiger charge is 2.21. The highest BCUT2D eigenvalue weighted by atomic mass is 16.5. The molecule has 2 aromatic heterocycles. The number of pyridine rings is 1. The van der Waals surface area contributed by atoms with Crippen LogP contribution in [0.1, 0.15) is 21.8 Å². The number of carbonyl (C=O) groups is 1. The molecule has 6 heteroatoms. The number of ketones is 1. The van der Waals surface area contributed by atoms with Crippen molar-refractivity contribution < 1.29 is 18.7 Å². The van der Waals surface area contributed by atoms with E-state index in [-0.39, 0.29) is 11.7 Å². The number of rotatable bonds is 6. The Labute approximate surface area is 167 Å². The van der Waals surface area contributed by atoms with Gasteiger partial charge in [0.1, 0.15) is 5.52 Å². The lowest BCUT2D eigenvalue weighted by Gasteiger charge is -2.10. The largest absolute Gasteiger partial charge is 0.493 e. The number of Topliss-reactive ketones (excluding diaryl/α,β-unsaturated/α-hetero) is 1. The predicted molar refractivity (Wildman–Crippen MR) is 110 cm³/mol. The number of para-hydroxylation sites is 2. The second-order valence-corrected chi connectivity index (χ2v) is 6.23. The predicted octanol–water partition coefficient (Wildman–Crippen LogP) is 4.66. The summed E-state index contributed by atoms with van der Waals surface area (Å²) in [5.74, 6) is 1.01. The van der Waals surface area contributed by atoms with Gasteiger partial charge in [0.25, 0.3) is 0 Å². The van der Waals surface area contributed by atoms with Gasteiger partial charge in [-0.05, 0) is 48.0 Å². The van der Waals surface area contributed by atoms with Crippen LogP contribution in [-0.2, 0) is 0 Å². The molecule has 4 rings (SSSR count). The highest BCUT2D eigenvalue weighted by Crippen LogP contribution is 2.31. The van der Waals surface area contributed by atoms with E-state index in [1.807, 2.05) is 30.3 Å². The molecule has 2 heterocycles. The Kier molecular flexibility index (Phi) is 5.07. The molecule has 0 N–H and O–H groups in total. The third-order valence-corrected chi connectivity index (χ3v) is 4.41. The SMILES string of the molecule is COc1ccc(C(=O)C(=Cc2cccnc2)c2nc3ccccc3o2)cc1OC. The lowest BCUT2D eigenvalue weighted by Crippen LogP contribution is -2.04. The zero-order valence-corrected chi connectivity index (χ0v) is 16.0. The van der Waals surface area contributed by atoms with Gasteiger partial charge in [-0.15, -0.1) is 0 Å². The van der Waals surface area contributed by atoms with E-state index in [0.29, 0.717) is 33.7 Å². The minimum Gasteiger partial charge on any atom is -0.493 e. The Morgan fingerprint density at radius 2 is 1.83 bits per heavy atom. The standard InChI is InChI=1S/C23H18N2O4/c1-27-20-10-9-16(13-21(20)28-2)22(26)17(12-15-6-5-11-24-14-15)23-25-18-7-3-4-8-19(18)29-23/h3-14H,1-2H3. The van der Waals surface area contributed by atoms with Gasteiger partial charge in [-0.2, -0.15) is 0 Å². The summed E-state index contributed by atoms with van der Waals surface area (Å²) in [6, 6.07) is 16.1. The second kappa shape index (κ2) is 7.98. The first-order valence-corrected chi connectivity index (χ1v) is 8.94. The number of benzene rings is 2. The summed E-state index contributed by atoms with van der Waals surface area (Å²) < 4.78 is 16.5. The number of ether oxygens (including phenoxy) is 2. The molecule has 0 bridgehead atoms. The zero-order chi connectivity index (χ0) is 20.2. The van der Waals surface area contributed by atoms with Crippen molar-refractivity contribution in [2.45, 2.75) is 0 Å². The molecule has 0 fully saturated rings. The summed E-state index contributed by atoms with van der Waals surface area (Å²) in [4.78, 5) is 22.0. The lowest BCUT2D eigenvalue weighted by molar-refractivity contribution is 0.105. The van der Waals surface area contributed by atoms with Crippen molar-refractivity contribution in [3.8, 4) is 11.5 Å². The summed E-state index contributed by atoms with van der Waals surface area (Å²) in [6.07, 6.45) is 5.06. The average molecular weight is 386 g/mol. The van der Waals surface area contributed by atoms with Crippen LogP contribution in [0.2, 0.25) is 0 Å². The molecule has 6 nitrogen and oxygen atoms in total. The molecule has 0 aliphatic carbocycles. The van der Waals surface area contributed by atoms with Gasteiger partial charge >= 0.3 is 0 Å². The van der Waals surface area contributed by atoms with Gasteiger partial charge in [0.15, 0.2) is 22.9 Å². The number of aromatic nitrogens is 2. The third kappa shape index (κ3) is 3.73. The topological polar surface area (TPSA) is 74.5 Å². The van der Waals surface area contributed by atoms with Gasteiger partial charge < -0.3 is 13.9 Å². The molecule has 0 saturated heterocycles. The molecule has 2 aromatic carbocycles. The number of carbonyl (C=O) groups excluding carboxylic acids is 1. The molecule has 0 aliphatic rings. The van der Waals surface area contributed by atoms with Crippen LogP contribution in [-0.4, -0.2) is 30.0 Å². The number of hydrogen-bond donors (Lipinski definition) is 0. The molecule has 144 valence electrons. The van der Waals surface area contributed by atoms with Crippen LogP contribution in [0, 0.1) is 0 Å². The first-order valence-electron chi connectivity index (χ1n) is 8.94. The van der Waals surface area contributed by atoms with E-state index >= 15 is 0 Å². The van der Waals surface area contributed by atoms with Crippen molar-refractivity contribution in [3.63, 3.8) is 0 Å². The number of hydrogen-bond acceptors (Lipinski definition) is 6. The second-order valence-electron chi connectivity index (χ2n) is 6.23. The third-order valence-electron chi connectivity index (χ3n) is 4.41. The molecule has 0 spiro atoms. The van der Waals surface area contributed by atoms with E-state index in [9.17, 15) is 4.79 Å². The molecule has 0 amide bonds. The maximum atomic E-state index is 13.4. The minimum atomic E-state index is -0.249.